The molecule has 1 aliphatic heterocycles. The van der Waals surface area contributed by atoms with E-state index < -0.39 is 9.84 Å². The molecule has 0 unspecified atom stereocenters. The number of piperidine rings is 1. The van der Waals surface area contributed by atoms with Gasteiger partial charge in [-0.3, -0.25) is 14.5 Å². The number of likely N-dealkylation sites (tertiary alicyclic amines) is 1. The van der Waals surface area contributed by atoms with Gasteiger partial charge in [0.15, 0.2) is 15.5 Å². The van der Waals surface area contributed by atoms with Crippen LogP contribution >= 0.6 is 22.9 Å². The maximum absolute atomic E-state index is 13.3. The molecule has 1 fully saturated rings. The molecule has 0 atom stereocenters. The van der Waals surface area contributed by atoms with Gasteiger partial charge in [-0.1, -0.05) is 35.9 Å². The number of hydrogen-bond donors (Lipinski definition) is 1. The summed E-state index contributed by atoms with van der Waals surface area (Å²) < 4.78 is 30.6. The van der Waals surface area contributed by atoms with Gasteiger partial charge in [0, 0.05) is 36.8 Å². The molecule has 1 aliphatic rings. The van der Waals surface area contributed by atoms with Crippen molar-refractivity contribution in [3.63, 3.8) is 0 Å². The van der Waals surface area contributed by atoms with Crippen molar-refractivity contribution in [1.29, 1.82) is 0 Å². The predicted octanol–water partition coefficient (Wildman–Crippen LogP) is 4.69. The highest BCUT2D eigenvalue weighted by Crippen LogP contribution is 2.37. The Morgan fingerprint density at radius 3 is 2.59 bits per heavy atom. The van der Waals surface area contributed by atoms with Gasteiger partial charge in [-0.25, -0.2) is 13.1 Å². The summed E-state index contributed by atoms with van der Waals surface area (Å²) in [6.07, 6.45) is 2.76. The molecule has 9 nitrogen and oxygen atoms in total. The number of rotatable bonds is 10. The summed E-state index contributed by atoms with van der Waals surface area (Å²) in [5.74, 6) is -0.266. The Balaban J connectivity index is 1.40. The largest absolute Gasteiger partial charge is 0.467 e. The first-order chi connectivity index (χ1) is 19.7. The second-order valence-corrected chi connectivity index (χ2v) is 13.3. The van der Waals surface area contributed by atoms with Gasteiger partial charge in [-0.05, 0) is 60.9 Å². The first kappa shape index (κ1) is 29.0. The quantitative estimate of drug-likeness (QED) is 0.204. The Morgan fingerprint density at radius 2 is 1.85 bits per heavy atom. The Kier molecular flexibility index (Phi) is 8.88. The number of nitrogens with one attached hydrogen (secondary N) is 1. The van der Waals surface area contributed by atoms with E-state index in [1.807, 2.05) is 36.4 Å². The number of hydrogen-bond acceptors (Lipinski definition) is 8. The van der Waals surface area contributed by atoms with Crippen LogP contribution in [0, 0.1) is 0 Å². The van der Waals surface area contributed by atoms with E-state index in [1.54, 1.807) is 35.0 Å². The molecule has 3 heterocycles. The van der Waals surface area contributed by atoms with Crippen molar-refractivity contribution >= 4 is 45.2 Å². The van der Waals surface area contributed by atoms with E-state index in [9.17, 15) is 18.0 Å². The average molecular weight is 613 g/mol. The number of para-hydroxylation sites is 1. The molecule has 1 saturated heterocycles. The SMILES string of the molecule is CS(=O)(=O)c1cccc(-c2ccc(-c3cc(C(=O)NC4CCN(CCOC=O)CC4)nn3-c3ccccc3Cl)s2)c1. The second-order valence-electron chi connectivity index (χ2n) is 9.80. The van der Waals surface area contributed by atoms with Gasteiger partial charge in [-0.15, -0.1) is 11.3 Å². The van der Waals surface area contributed by atoms with Crippen molar-refractivity contribution in [2.24, 2.45) is 0 Å². The van der Waals surface area contributed by atoms with E-state index >= 15 is 0 Å². The lowest BCUT2D eigenvalue weighted by Crippen LogP contribution is -2.45. The first-order valence-electron chi connectivity index (χ1n) is 13.1. The number of nitrogens with zero attached hydrogens (tertiary/aromatic N) is 3. The third-order valence-corrected chi connectivity index (χ3v) is 9.53. The first-order valence-corrected chi connectivity index (χ1v) is 16.2. The average Bonchev–Trinajstić information content (AvgIpc) is 3.62. The summed E-state index contributed by atoms with van der Waals surface area (Å²) >= 11 is 8.01. The molecular weight excluding hydrogens is 584 g/mol. The summed E-state index contributed by atoms with van der Waals surface area (Å²) in [4.78, 5) is 27.9. The second kappa shape index (κ2) is 12.6. The lowest BCUT2D eigenvalue weighted by molar-refractivity contribution is -0.129. The molecule has 0 aliphatic carbocycles. The van der Waals surface area contributed by atoms with E-state index in [1.165, 1.54) is 17.6 Å². The molecule has 41 heavy (non-hydrogen) atoms. The van der Waals surface area contributed by atoms with Crippen molar-refractivity contribution < 1.29 is 22.7 Å². The van der Waals surface area contributed by atoms with Crippen molar-refractivity contribution in [2.45, 2.75) is 23.8 Å². The van der Waals surface area contributed by atoms with Gasteiger partial charge in [0.2, 0.25) is 0 Å². The topological polar surface area (TPSA) is 111 Å². The minimum Gasteiger partial charge on any atom is -0.467 e. The zero-order valence-corrected chi connectivity index (χ0v) is 24.7. The van der Waals surface area contributed by atoms with Crippen LogP contribution in [0.4, 0.5) is 0 Å². The molecule has 0 spiro atoms. The Morgan fingerprint density at radius 1 is 1.10 bits per heavy atom. The van der Waals surface area contributed by atoms with E-state index in [2.05, 4.69) is 15.3 Å². The van der Waals surface area contributed by atoms with Crippen molar-refractivity contribution in [2.75, 3.05) is 32.5 Å². The van der Waals surface area contributed by atoms with Gasteiger partial charge < -0.3 is 10.1 Å². The maximum Gasteiger partial charge on any atom is 0.293 e. The summed E-state index contributed by atoms with van der Waals surface area (Å²) in [5, 5.41) is 8.27. The van der Waals surface area contributed by atoms with Gasteiger partial charge in [0.25, 0.3) is 12.4 Å². The summed E-state index contributed by atoms with van der Waals surface area (Å²) in [6, 6.07) is 19.8. The zero-order chi connectivity index (χ0) is 29.0. The lowest BCUT2D eigenvalue weighted by Gasteiger charge is -2.31. The fourth-order valence-electron chi connectivity index (χ4n) is 4.78. The molecule has 12 heteroatoms. The molecular formula is C29H29ClN4O5S2. The van der Waals surface area contributed by atoms with E-state index in [0.29, 0.717) is 36.0 Å². The maximum atomic E-state index is 13.3. The van der Waals surface area contributed by atoms with E-state index in [-0.39, 0.29) is 22.5 Å². The zero-order valence-electron chi connectivity index (χ0n) is 22.3. The van der Waals surface area contributed by atoms with Crippen LogP contribution in [0.5, 0.6) is 0 Å². The molecule has 2 aromatic heterocycles. The molecule has 2 aromatic carbocycles. The minimum absolute atomic E-state index is 0.00936. The van der Waals surface area contributed by atoms with Crippen LogP contribution in [-0.4, -0.2) is 74.0 Å². The van der Waals surface area contributed by atoms with E-state index in [0.717, 1.165) is 41.2 Å². The number of aromatic nitrogens is 2. The number of sulfone groups is 1. The monoisotopic (exact) mass is 612 g/mol. The number of thiophene rings is 1. The summed E-state index contributed by atoms with van der Waals surface area (Å²) in [7, 11) is -3.34. The van der Waals surface area contributed by atoms with Crippen LogP contribution in [0.3, 0.4) is 0 Å². The summed E-state index contributed by atoms with van der Waals surface area (Å²) in [5.41, 5.74) is 2.40. The molecule has 0 bridgehead atoms. The van der Waals surface area contributed by atoms with Gasteiger partial charge in [-0.2, -0.15) is 5.10 Å². The number of benzene rings is 2. The van der Waals surface area contributed by atoms with Crippen molar-refractivity contribution in [3.05, 3.63) is 77.4 Å². The molecule has 5 rings (SSSR count). The highest BCUT2D eigenvalue weighted by Gasteiger charge is 2.24. The number of amides is 1. The smallest absolute Gasteiger partial charge is 0.293 e. The fourth-order valence-corrected chi connectivity index (χ4v) is 6.66. The minimum atomic E-state index is -3.34. The van der Waals surface area contributed by atoms with Crippen LogP contribution in [0.1, 0.15) is 23.3 Å². The fraction of sp³-hybridized carbons (Fsp3) is 0.276. The van der Waals surface area contributed by atoms with Gasteiger partial charge in [0.1, 0.15) is 6.61 Å². The Labute approximate surface area is 247 Å². The molecule has 1 N–H and O–H groups in total. The predicted molar refractivity (Wildman–Crippen MR) is 159 cm³/mol. The Bertz CT molecular complexity index is 1660. The molecule has 4 aromatic rings. The highest BCUT2D eigenvalue weighted by atomic mass is 35.5. The summed E-state index contributed by atoms with van der Waals surface area (Å²) in [6.45, 7) is 3.08. The van der Waals surface area contributed by atoms with Gasteiger partial charge >= 0.3 is 0 Å². The third-order valence-electron chi connectivity index (χ3n) is 6.94. The Hall–Kier alpha value is -3.51. The van der Waals surface area contributed by atoms with Crippen LogP contribution in [0.2, 0.25) is 5.02 Å². The van der Waals surface area contributed by atoms with Crippen LogP contribution < -0.4 is 5.32 Å². The number of carbonyl (C=O) groups excluding carboxylic acids is 2. The van der Waals surface area contributed by atoms with Crippen molar-refractivity contribution in [3.8, 4) is 26.7 Å². The lowest BCUT2D eigenvalue weighted by atomic mass is 10.0. The highest BCUT2D eigenvalue weighted by molar-refractivity contribution is 7.90. The standard InChI is InChI=1S/C29H29ClN4O5S2/c1-41(37,38)22-6-4-5-20(17-22)27-9-10-28(40-27)26-18-24(32-34(26)25-8-3-2-7-23(25)30)29(36)31-21-11-13-33(14-12-21)15-16-39-19-35/h2-10,17-19,21H,11-16H2,1H3,(H,31,36). The number of halogens is 1. The molecule has 1 amide bonds. The normalized spacial score (nSPS) is 14.6. The van der Waals surface area contributed by atoms with Crippen molar-refractivity contribution in [1.82, 2.24) is 20.0 Å². The van der Waals surface area contributed by atoms with E-state index in [4.69, 9.17) is 16.3 Å². The molecule has 0 saturated carbocycles. The van der Waals surface area contributed by atoms with Crippen LogP contribution in [-0.2, 0) is 19.4 Å². The molecule has 0 radical (unpaired) electrons. The van der Waals surface area contributed by atoms with Crippen LogP contribution in [0.25, 0.3) is 26.7 Å². The molecule has 214 valence electrons. The van der Waals surface area contributed by atoms with Crippen LogP contribution in [0.15, 0.2) is 71.6 Å². The third kappa shape index (κ3) is 6.87. The number of ether oxygens (including phenoxy) is 1. The van der Waals surface area contributed by atoms with Gasteiger partial charge in [0.05, 0.1) is 26.2 Å². The number of carbonyl (C=O) groups is 2.